The molecule has 0 heterocycles. The first kappa shape index (κ1) is 15.8. The molecule has 1 amide bonds. The van der Waals surface area contributed by atoms with E-state index in [-0.39, 0.29) is 5.91 Å². The van der Waals surface area contributed by atoms with E-state index in [1.807, 2.05) is 12.1 Å². The fourth-order valence-electron chi connectivity index (χ4n) is 1.54. The minimum atomic E-state index is -0.0473. The molecule has 0 bridgehead atoms. The lowest BCUT2D eigenvalue weighted by atomic mass is 10.2. The van der Waals surface area contributed by atoms with Gasteiger partial charge in [0.1, 0.15) is 5.75 Å². The second-order valence-electron chi connectivity index (χ2n) is 4.54. The van der Waals surface area contributed by atoms with E-state index in [9.17, 15) is 4.79 Å². The van der Waals surface area contributed by atoms with E-state index in [0.29, 0.717) is 36.4 Å². The maximum atomic E-state index is 11.2. The van der Waals surface area contributed by atoms with Crippen molar-refractivity contribution < 1.29 is 9.53 Å². The smallest absolute Gasteiger partial charge is 0.223 e. The molecule has 0 unspecified atom stereocenters. The van der Waals surface area contributed by atoms with Gasteiger partial charge in [0, 0.05) is 25.2 Å². The highest BCUT2D eigenvalue weighted by molar-refractivity contribution is 6.32. The molecule has 2 N–H and O–H groups in total. The lowest BCUT2D eigenvalue weighted by Crippen LogP contribution is -2.23. The number of para-hydroxylation sites is 1. The van der Waals surface area contributed by atoms with Crippen LogP contribution in [0, 0.1) is 0 Å². The number of carbonyl (C=O) groups excluding carboxylic acids is 1. The Kier molecular flexibility index (Phi) is 6.67. The average Bonchev–Trinajstić information content (AvgIpc) is 2.38. The largest absolute Gasteiger partial charge is 0.491 e. The van der Waals surface area contributed by atoms with Gasteiger partial charge in [-0.05, 0) is 6.07 Å². The summed E-state index contributed by atoms with van der Waals surface area (Å²) in [7, 11) is 1.61. The summed E-state index contributed by atoms with van der Waals surface area (Å²) in [6, 6.07) is 6.04. The third-order valence-electron chi connectivity index (χ3n) is 2.60. The molecule has 1 aromatic carbocycles. The van der Waals surface area contributed by atoms with Crippen LogP contribution in [0.3, 0.4) is 0 Å². The zero-order chi connectivity index (χ0) is 14.3. The highest BCUT2D eigenvalue weighted by Crippen LogP contribution is 2.28. The molecule has 0 aliphatic rings. The van der Waals surface area contributed by atoms with Crippen molar-refractivity contribution in [2.24, 2.45) is 0 Å². The molecule has 1 rings (SSSR count). The second-order valence-corrected chi connectivity index (χ2v) is 4.94. The molecule has 0 saturated heterocycles. The molecule has 0 aliphatic carbocycles. The zero-order valence-corrected chi connectivity index (χ0v) is 12.4. The van der Waals surface area contributed by atoms with Gasteiger partial charge >= 0.3 is 0 Å². The highest BCUT2D eigenvalue weighted by Gasteiger charge is 2.09. The number of carbonyl (C=O) groups is 1. The van der Waals surface area contributed by atoms with E-state index in [0.717, 1.165) is 5.56 Å². The Labute approximate surface area is 119 Å². The summed E-state index contributed by atoms with van der Waals surface area (Å²) < 4.78 is 5.64. The molecule has 0 aromatic heterocycles. The van der Waals surface area contributed by atoms with Gasteiger partial charge < -0.3 is 15.4 Å². The van der Waals surface area contributed by atoms with Gasteiger partial charge in [-0.2, -0.15) is 0 Å². The van der Waals surface area contributed by atoms with Gasteiger partial charge in [0.05, 0.1) is 18.1 Å². The van der Waals surface area contributed by atoms with E-state index in [1.54, 1.807) is 13.1 Å². The van der Waals surface area contributed by atoms with Crippen LogP contribution in [0.25, 0.3) is 0 Å². The van der Waals surface area contributed by atoms with Crippen molar-refractivity contribution in [1.82, 2.24) is 10.6 Å². The van der Waals surface area contributed by atoms with E-state index >= 15 is 0 Å². The molecular weight excluding hydrogens is 264 g/mol. The molecule has 0 aliphatic heterocycles. The van der Waals surface area contributed by atoms with Crippen LogP contribution < -0.4 is 15.4 Å². The molecule has 0 fully saturated rings. The summed E-state index contributed by atoms with van der Waals surface area (Å²) in [5.41, 5.74) is 0.998. The average molecular weight is 285 g/mol. The van der Waals surface area contributed by atoms with Crippen LogP contribution in [-0.2, 0) is 11.3 Å². The second kappa shape index (κ2) is 8.02. The molecule has 0 saturated carbocycles. The van der Waals surface area contributed by atoms with E-state index < -0.39 is 0 Å². The summed E-state index contributed by atoms with van der Waals surface area (Å²) in [5.74, 6) is 0.607. The zero-order valence-electron chi connectivity index (χ0n) is 11.6. The molecule has 0 atom stereocenters. The molecule has 19 heavy (non-hydrogen) atoms. The Morgan fingerprint density at radius 3 is 2.79 bits per heavy atom. The number of nitrogens with one attached hydrogen (secondary N) is 2. The van der Waals surface area contributed by atoms with Crippen molar-refractivity contribution in [3.8, 4) is 5.75 Å². The molecule has 1 aromatic rings. The predicted octanol–water partition coefficient (Wildman–Crippen LogP) is 2.35. The van der Waals surface area contributed by atoms with Crippen LogP contribution in [0.15, 0.2) is 18.2 Å². The number of halogens is 1. The summed E-state index contributed by atoms with van der Waals surface area (Å²) >= 11 is 6.14. The summed E-state index contributed by atoms with van der Waals surface area (Å²) in [4.78, 5) is 11.2. The number of amides is 1. The third kappa shape index (κ3) is 5.49. The van der Waals surface area contributed by atoms with Crippen molar-refractivity contribution >= 4 is 17.5 Å². The van der Waals surface area contributed by atoms with Crippen molar-refractivity contribution in [3.63, 3.8) is 0 Å². The Bertz CT molecular complexity index is 422. The lowest BCUT2D eigenvalue weighted by Gasteiger charge is -2.14. The summed E-state index contributed by atoms with van der Waals surface area (Å²) in [6.07, 6.45) is 0.318. The lowest BCUT2D eigenvalue weighted by molar-refractivity contribution is -0.121. The maximum Gasteiger partial charge on any atom is 0.223 e. The van der Waals surface area contributed by atoms with Crippen molar-refractivity contribution in [2.75, 3.05) is 13.7 Å². The Hall–Kier alpha value is -1.26. The van der Waals surface area contributed by atoms with Gasteiger partial charge in [-0.25, -0.2) is 0 Å². The molecule has 4 nitrogen and oxygen atoms in total. The third-order valence-corrected chi connectivity index (χ3v) is 2.90. The van der Waals surface area contributed by atoms with E-state index in [4.69, 9.17) is 16.3 Å². The van der Waals surface area contributed by atoms with Crippen LogP contribution in [0.5, 0.6) is 5.75 Å². The number of hydrogen-bond donors (Lipinski definition) is 2. The minimum Gasteiger partial charge on any atom is -0.491 e. The van der Waals surface area contributed by atoms with Gasteiger partial charge in [-0.3, -0.25) is 4.79 Å². The number of rotatable bonds is 7. The van der Waals surface area contributed by atoms with Crippen LogP contribution >= 0.6 is 11.6 Å². The highest BCUT2D eigenvalue weighted by atomic mass is 35.5. The summed E-state index contributed by atoms with van der Waals surface area (Å²) in [6.45, 7) is 5.17. The molecular formula is C14H21ClN2O2. The number of ether oxygens (including phenoxy) is 1. The van der Waals surface area contributed by atoms with Crippen LogP contribution in [0.2, 0.25) is 5.02 Å². The minimum absolute atomic E-state index is 0.0473. The first-order valence-corrected chi connectivity index (χ1v) is 6.76. The van der Waals surface area contributed by atoms with Crippen LogP contribution in [-0.4, -0.2) is 25.6 Å². The topological polar surface area (TPSA) is 50.4 Å². The Morgan fingerprint density at radius 2 is 2.16 bits per heavy atom. The molecule has 0 spiro atoms. The van der Waals surface area contributed by atoms with Crippen molar-refractivity contribution in [1.29, 1.82) is 0 Å². The van der Waals surface area contributed by atoms with E-state index in [1.165, 1.54) is 0 Å². The predicted molar refractivity (Wildman–Crippen MR) is 77.6 cm³/mol. The Balaban J connectivity index is 2.66. The van der Waals surface area contributed by atoms with Crippen LogP contribution in [0.4, 0.5) is 0 Å². The van der Waals surface area contributed by atoms with Crippen molar-refractivity contribution in [3.05, 3.63) is 28.8 Å². The monoisotopic (exact) mass is 284 g/mol. The normalized spacial score (nSPS) is 10.6. The van der Waals surface area contributed by atoms with Gasteiger partial charge in [-0.15, -0.1) is 0 Å². The summed E-state index contributed by atoms with van der Waals surface area (Å²) in [5, 5.41) is 6.45. The molecule has 5 heteroatoms. The Morgan fingerprint density at radius 1 is 1.42 bits per heavy atom. The van der Waals surface area contributed by atoms with Crippen LogP contribution in [0.1, 0.15) is 25.8 Å². The standard InChI is InChI=1S/C14H21ClN2O2/c1-10(2)17-9-11-5-4-6-12(15)14(11)19-8-7-13(18)16-3/h4-6,10,17H,7-9H2,1-3H3,(H,16,18). The fourth-order valence-corrected chi connectivity index (χ4v) is 1.79. The maximum absolute atomic E-state index is 11.2. The quantitative estimate of drug-likeness (QED) is 0.808. The molecule has 106 valence electrons. The first-order chi connectivity index (χ1) is 9.04. The first-order valence-electron chi connectivity index (χ1n) is 6.38. The van der Waals surface area contributed by atoms with Gasteiger partial charge in [0.2, 0.25) is 5.91 Å². The van der Waals surface area contributed by atoms with Gasteiger partial charge in [-0.1, -0.05) is 37.6 Å². The van der Waals surface area contributed by atoms with Gasteiger partial charge in [0.15, 0.2) is 0 Å². The fraction of sp³-hybridized carbons (Fsp3) is 0.500. The van der Waals surface area contributed by atoms with E-state index in [2.05, 4.69) is 24.5 Å². The van der Waals surface area contributed by atoms with Gasteiger partial charge in [0.25, 0.3) is 0 Å². The number of benzene rings is 1. The SMILES string of the molecule is CNC(=O)CCOc1c(Cl)cccc1CNC(C)C. The van der Waals surface area contributed by atoms with Crippen molar-refractivity contribution in [2.45, 2.75) is 32.9 Å². The molecule has 0 radical (unpaired) electrons. The number of hydrogen-bond acceptors (Lipinski definition) is 3.